The van der Waals surface area contributed by atoms with Crippen LogP contribution in [0.25, 0.3) is 0 Å². The number of anilines is 1. The topological polar surface area (TPSA) is 51.8 Å². The van der Waals surface area contributed by atoms with E-state index in [4.69, 9.17) is 5.73 Å². The molecule has 0 bridgehead atoms. The summed E-state index contributed by atoms with van der Waals surface area (Å²) in [6.45, 7) is 2.32. The van der Waals surface area contributed by atoms with Gasteiger partial charge in [0.1, 0.15) is 4.60 Å². The van der Waals surface area contributed by atoms with Crippen LogP contribution in [0.3, 0.4) is 0 Å². The van der Waals surface area contributed by atoms with Gasteiger partial charge in [-0.15, -0.1) is 0 Å². The van der Waals surface area contributed by atoms with Crippen LogP contribution in [0.2, 0.25) is 0 Å². The smallest absolute Gasteiger partial charge is 0.156 e. The first kappa shape index (κ1) is 10.9. The molecule has 0 saturated heterocycles. The molecule has 82 valence electrons. The summed E-state index contributed by atoms with van der Waals surface area (Å²) in [5, 5.41) is 0. The van der Waals surface area contributed by atoms with Crippen LogP contribution >= 0.6 is 15.9 Å². The Morgan fingerprint density at radius 3 is 2.60 bits per heavy atom. The van der Waals surface area contributed by atoms with Gasteiger partial charge in [-0.1, -0.05) is 19.8 Å². The molecule has 15 heavy (non-hydrogen) atoms. The maximum atomic E-state index is 5.62. The summed E-state index contributed by atoms with van der Waals surface area (Å²) in [7, 11) is 0. The van der Waals surface area contributed by atoms with Crippen LogP contribution in [0.5, 0.6) is 0 Å². The lowest BCUT2D eigenvalue weighted by molar-refractivity contribution is 0.343. The van der Waals surface area contributed by atoms with E-state index >= 15 is 0 Å². The third-order valence-electron chi connectivity index (χ3n) is 3.21. The standard InChI is InChI=1S/C11H16BrN3/c1-7-2-4-8(5-3-7)9-6-14-11(13)10(12)15-9/h6-8H,2-5H2,1H3,(H2,13,14). The highest BCUT2D eigenvalue weighted by molar-refractivity contribution is 9.10. The molecule has 2 rings (SSSR count). The summed E-state index contributed by atoms with van der Waals surface area (Å²) < 4.78 is 0.679. The van der Waals surface area contributed by atoms with Crippen LogP contribution in [0.1, 0.15) is 44.2 Å². The van der Waals surface area contributed by atoms with Crippen LogP contribution in [0.4, 0.5) is 5.82 Å². The van der Waals surface area contributed by atoms with Gasteiger partial charge in [0, 0.05) is 5.92 Å². The summed E-state index contributed by atoms with van der Waals surface area (Å²) in [5.74, 6) is 1.92. The Hall–Kier alpha value is -0.640. The fraction of sp³-hybridized carbons (Fsp3) is 0.636. The fourth-order valence-electron chi connectivity index (χ4n) is 2.14. The first-order chi connectivity index (χ1) is 7.16. The van der Waals surface area contributed by atoms with Gasteiger partial charge in [0.25, 0.3) is 0 Å². The lowest BCUT2D eigenvalue weighted by atomic mass is 9.81. The van der Waals surface area contributed by atoms with Gasteiger partial charge in [0.05, 0.1) is 11.9 Å². The molecule has 1 aromatic rings. The predicted octanol–water partition coefficient (Wildman–Crippen LogP) is 3.12. The minimum Gasteiger partial charge on any atom is -0.381 e. The van der Waals surface area contributed by atoms with Crippen molar-refractivity contribution in [3.05, 3.63) is 16.5 Å². The molecule has 0 radical (unpaired) electrons. The van der Waals surface area contributed by atoms with Crippen LogP contribution in [0.15, 0.2) is 10.8 Å². The second kappa shape index (κ2) is 4.47. The van der Waals surface area contributed by atoms with Crippen LogP contribution in [-0.4, -0.2) is 9.97 Å². The van der Waals surface area contributed by atoms with E-state index in [1.165, 1.54) is 25.7 Å². The highest BCUT2D eigenvalue weighted by Crippen LogP contribution is 2.35. The Kier molecular flexibility index (Phi) is 3.24. The van der Waals surface area contributed by atoms with Crippen molar-refractivity contribution in [2.45, 2.75) is 38.5 Å². The van der Waals surface area contributed by atoms with Crippen LogP contribution in [0, 0.1) is 5.92 Å². The van der Waals surface area contributed by atoms with E-state index in [0.29, 0.717) is 16.3 Å². The first-order valence-electron chi connectivity index (χ1n) is 5.44. The number of hydrogen-bond donors (Lipinski definition) is 1. The number of nitrogens with zero attached hydrogens (tertiary/aromatic N) is 2. The van der Waals surface area contributed by atoms with Crippen molar-refractivity contribution in [1.82, 2.24) is 9.97 Å². The first-order valence-corrected chi connectivity index (χ1v) is 6.24. The van der Waals surface area contributed by atoms with E-state index in [1.54, 1.807) is 0 Å². The van der Waals surface area contributed by atoms with Crippen LogP contribution in [-0.2, 0) is 0 Å². The monoisotopic (exact) mass is 269 g/mol. The van der Waals surface area contributed by atoms with E-state index in [9.17, 15) is 0 Å². The van der Waals surface area contributed by atoms with Gasteiger partial charge in [-0.05, 0) is 34.7 Å². The lowest BCUT2D eigenvalue weighted by Gasteiger charge is -2.25. The van der Waals surface area contributed by atoms with E-state index in [1.807, 2.05) is 6.20 Å². The quantitative estimate of drug-likeness (QED) is 0.853. The van der Waals surface area contributed by atoms with Gasteiger partial charge in [-0.25, -0.2) is 9.97 Å². The fourth-order valence-corrected chi connectivity index (χ4v) is 2.45. The number of nitrogen functional groups attached to an aromatic ring is 1. The lowest BCUT2D eigenvalue weighted by Crippen LogP contribution is -2.12. The third kappa shape index (κ3) is 2.48. The van der Waals surface area contributed by atoms with Gasteiger partial charge < -0.3 is 5.73 Å². The minimum absolute atomic E-state index is 0.475. The Balaban J connectivity index is 2.12. The molecule has 1 saturated carbocycles. The molecule has 1 aromatic heterocycles. The van der Waals surface area contributed by atoms with Crippen molar-refractivity contribution in [2.75, 3.05) is 5.73 Å². The molecule has 3 nitrogen and oxygen atoms in total. The molecule has 1 aliphatic carbocycles. The van der Waals surface area contributed by atoms with Gasteiger partial charge in [-0.3, -0.25) is 0 Å². The van der Waals surface area contributed by atoms with E-state index in [2.05, 4.69) is 32.8 Å². The molecule has 0 spiro atoms. The van der Waals surface area contributed by atoms with Crippen molar-refractivity contribution in [3.8, 4) is 0 Å². The summed E-state index contributed by atoms with van der Waals surface area (Å²) >= 11 is 3.33. The summed E-state index contributed by atoms with van der Waals surface area (Å²) in [5.41, 5.74) is 6.71. The second-order valence-corrected chi connectivity index (χ2v) is 5.18. The molecular weight excluding hydrogens is 254 g/mol. The zero-order chi connectivity index (χ0) is 10.8. The minimum atomic E-state index is 0.475. The zero-order valence-electron chi connectivity index (χ0n) is 8.91. The number of aromatic nitrogens is 2. The normalized spacial score (nSPS) is 26.5. The zero-order valence-corrected chi connectivity index (χ0v) is 10.5. The maximum Gasteiger partial charge on any atom is 0.156 e. The molecule has 2 N–H and O–H groups in total. The van der Waals surface area contributed by atoms with Gasteiger partial charge in [0.2, 0.25) is 0 Å². The molecule has 1 fully saturated rings. The molecule has 1 heterocycles. The van der Waals surface area contributed by atoms with Crippen LogP contribution < -0.4 is 5.73 Å². The van der Waals surface area contributed by atoms with Crippen molar-refractivity contribution in [2.24, 2.45) is 5.92 Å². The van der Waals surface area contributed by atoms with Gasteiger partial charge in [0.15, 0.2) is 5.82 Å². The van der Waals surface area contributed by atoms with Gasteiger partial charge in [-0.2, -0.15) is 0 Å². The molecule has 0 atom stereocenters. The summed E-state index contributed by atoms with van der Waals surface area (Å²) in [6.07, 6.45) is 6.88. The number of rotatable bonds is 1. The van der Waals surface area contributed by atoms with Crippen molar-refractivity contribution >= 4 is 21.7 Å². The highest BCUT2D eigenvalue weighted by atomic mass is 79.9. The Morgan fingerprint density at radius 2 is 2.00 bits per heavy atom. The Morgan fingerprint density at radius 1 is 1.33 bits per heavy atom. The van der Waals surface area contributed by atoms with E-state index in [-0.39, 0.29) is 0 Å². The molecule has 0 unspecified atom stereocenters. The number of hydrogen-bond acceptors (Lipinski definition) is 3. The van der Waals surface area contributed by atoms with Gasteiger partial charge >= 0.3 is 0 Å². The molecule has 0 aliphatic heterocycles. The number of nitrogens with two attached hydrogens (primary N) is 1. The highest BCUT2D eigenvalue weighted by Gasteiger charge is 2.21. The average Bonchev–Trinajstić information content (AvgIpc) is 2.23. The SMILES string of the molecule is CC1CCC(c2cnc(N)c(Br)n2)CC1. The molecule has 0 amide bonds. The molecular formula is C11H16BrN3. The molecule has 0 aromatic carbocycles. The summed E-state index contributed by atoms with van der Waals surface area (Å²) in [4.78, 5) is 8.59. The Labute approximate surface area is 98.6 Å². The predicted molar refractivity (Wildman–Crippen MR) is 64.5 cm³/mol. The summed E-state index contributed by atoms with van der Waals surface area (Å²) in [6, 6.07) is 0. The molecule has 4 heteroatoms. The number of halogens is 1. The molecule has 1 aliphatic rings. The Bertz CT molecular complexity index is 346. The van der Waals surface area contributed by atoms with E-state index < -0.39 is 0 Å². The van der Waals surface area contributed by atoms with Crippen molar-refractivity contribution in [3.63, 3.8) is 0 Å². The van der Waals surface area contributed by atoms with Crippen molar-refractivity contribution < 1.29 is 0 Å². The average molecular weight is 270 g/mol. The van der Waals surface area contributed by atoms with E-state index in [0.717, 1.165) is 11.6 Å². The third-order valence-corrected chi connectivity index (χ3v) is 3.79. The second-order valence-electron chi connectivity index (χ2n) is 4.43. The maximum absolute atomic E-state index is 5.62. The van der Waals surface area contributed by atoms with Crippen molar-refractivity contribution in [1.29, 1.82) is 0 Å². The largest absolute Gasteiger partial charge is 0.381 e.